The number of nitrogens with zero attached hydrogens (tertiary/aromatic N) is 2. The molecule has 1 aliphatic rings. The fraction of sp³-hybridized carbons (Fsp3) is 0.444. The van der Waals surface area contributed by atoms with E-state index in [-0.39, 0.29) is 0 Å². The first kappa shape index (κ1) is 26.5. The van der Waals surface area contributed by atoms with Gasteiger partial charge < -0.3 is 15.4 Å². The summed E-state index contributed by atoms with van der Waals surface area (Å²) in [7, 11) is 0. The largest absolute Gasteiger partial charge is 0.444 e. The SMILES string of the molecule is CCN/C(=C(\C)CC)c1cc(C2C(C#N)=C(C)NC(C)=C2C#N)ccc1NC(=O)OC(C)(C)C. The zero-order chi connectivity index (χ0) is 25.6. The third-order valence-corrected chi connectivity index (χ3v) is 5.59. The van der Waals surface area contributed by atoms with Crippen LogP contribution < -0.4 is 16.0 Å². The summed E-state index contributed by atoms with van der Waals surface area (Å²) in [5, 5.41) is 29.2. The molecule has 0 radical (unpaired) electrons. The van der Waals surface area contributed by atoms with Crippen LogP contribution in [0.3, 0.4) is 0 Å². The molecule has 0 bridgehead atoms. The Morgan fingerprint density at radius 1 is 1.12 bits per heavy atom. The van der Waals surface area contributed by atoms with Gasteiger partial charge in [0.05, 0.1) is 34.9 Å². The Morgan fingerprint density at radius 3 is 2.18 bits per heavy atom. The van der Waals surface area contributed by atoms with Crippen LogP contribution in [0.4, 0.5) is 10.5 Å². The summed E-state index contributed by atoms with van der Waals surface area (Å²) in [4.78, 5) is 12.6. The predicted octanol–water partition coefficient (Wildman–Crippen LogP) is 6.07. The summed E-state index contributed by atoms with van der Waals surface area (Å²) in [6.45, 7) is 16.0. The van der Waals surface area contributed by atoms with Crippen LogP contribution in [-0.4, -0.2) is 18.2 Å². The third-order valence-electron chi connectivity index (χ3n) is 5.59. The van der Waals surface area contributed by atoms with E-state index in [1.165, 1.54) is 0 Å². The standard InChI is InChI=1S/C27H35N5O2/c1-9-16(3)25(30-10-2)20-13-19(11-12-23(20)32-26(33)34-27(6,7)8)24-21(14-28)17(4)31-18(5)22(24)15-29/h11-13,24,30-31H,9-10H2,1-8H3,(H,32,33)/b25-16+. The van der Waals surface area contributed by atoms with Crippen LogP contribution in [0, 0.1) is 22.7 Å². The zero-order valence-corrected chi connectivity index (χ0v) is 21.4. The molecule has 1 aliphatic heterocycles. The second-order valence-electron chi connectivity index (χ2n) is 9.33. The lowest BCUT2D eigenvalue weighted by atomic mass is 9.80. The molecule has 0 aromatic heterocycles. The van der Waals surface area contributed by atoms with E-state index < -0.39 is 17.6 Å². The average Bonchev–Trinajstić information content (AvgIpc) is 2.75. The van der Waals surface area contributed by atoms with Gasteiger partial charge in [0.1, 0.15) is 5.60 Å². The van der Waals surface area contributed by atoms with Crippen LogP contribution in [0.5, 0.6) is 0 Å². The van der Waals surface area contributed by atoms with Crippen molar-refractivity contribution in [1.29, 1.82) is 10.5 Å². The smallest absolute Gasteiger partial charge is 0.412 e. The molecule has 0 saturated heterocycles. The lowest BCUT2D eigenvalue weighted by molar-refractivity contribution is 0.0636. The van der Waals surface area contributed by atoms with E-state index in [2.05, 4.69) is 35.0 Å². The Labute approximate surface area is 203 Å². The Bertz CT molecular complexity index is 1100. The first-order valence-electron chi connectivity index (χ1n) is 11.5. The molecule has 7 heteroatoms. The van der Waals surface area contributed by atoms with Gasteiger partial charge in [-0.2, -0.15) is 10.5 Å². The van der Waals surface area contributed by atoms with Gasteiger partial charge in [-0.05, 0) is 78.2 Å². The molecule has 0 aliphatic carbocycles. The fourth-order valence-corrected chi connectivity index (χ4v) is 3.92. The summed E-state index contributed by atoms with van der Waals surface area (Å²) in [6, 6.07) is 10.2. The molecular formula is C27H35N5O2. The highest BCUT2D eigenvalue weighted by Crippen LogP contribution is 2.39. The molecule has 1 amide bonds. The lowest BCUT2D eigenvalue weighted by Gasteiger charge is -2.27. The highest BCUT2D eigenvalue weighted by molar-refractivity contribution is 5.90. The van der Waals surface area contributed by atoms with Gasteiger partial charge in [-0.25, -0.2) is 4.79 Å². The lowest BCUT2D eigenvalue weighted by Crippen LogP contribution is -2.28. The molecule has 7 nitrogen and oxygen atoms in total. The van der Waals surface area contributed by atoms with Crippen molar-refractivity contribution in [1.82, 2.24) is 10.6 Å². The molecule has 0 unspecified atom stereocenters. The van der Waals surface area contributed by atoms with E-state index in [0.29, 0.717) is 23.4 Å². The number of nitrogens with one attached hydrogen (secondary N) is 3. The topological polar surface area (TPSA) is 110 Å². The molecule has 0 atom stereocenters. The molecule has 3 N–H and O–H groups in total. The minimum absolute atomic E-state index is 0.490. The van der Waals surface area contributed by atoms with Crippen LogP contribution in [-0.2, 0) is 4.74 Å². The number of rotatable bonds is 6. The number of dihydropyridines is 1. The van der Waals surface area contributed by atoms with E-state index in [4.69, 9.17) is 4.74 Å². The summed E-state index contributed by atoms with van der Waals surface area (Å²) in [5.74, 6) is -0.490. The minimum Gasteiger partial charge on any atom is -0.444 e. The second kappa shape index (κ2) is 10.9. The van der Waals surface area contributed by atoms with Crippen molar-refractivity contribution >= 4 is 17.5 Å². The maximum atomic E-state index is 12.6. The summed E-state index contributed by atoms with van der Waals surface area (Å²) < 4.78 is 5.47. The highest BCUT2D eigenvalue weighted by atomic mass is 16.6. The van der Waals surface area contributed by atoms with Crippen LogP contribution in [0.1, 0.15) is 78.9 Å². The number of allylic oxidation sites excluding steroid dienone is 5. The first-order chi connectivity index (χ1) is 16.0. The van der Waals surface area contributed by atoms with E-state index >= 15 is 0 Å². The molecule has 180 valence electrons. The zero-order valence-electron chi connectivity index (χ0n) is 21.4. The van der Waals surface area contributed by atoms with Gasteiger partial charge in [0.15, 0.2) is 0 Å². The maximum Gasteiger partial charge on any atom is 0.412 e. The molecule has 0 saturated carbocycles. The molecule has 1 heterocycles. The number of hydrogen-bond donors (Lipinski definition) is 3. The van der Waals surface area contributed by atoms with E-state index in [1.54, 1.807) is 0 Å². The van der Waals surface area contributed by atoms with E-state index in [9.17, 15) is 15.3 Å². The molecule has 2 rings (SSSR count). The molecule has 1 aromatic rings. The van der Waals surface area contributed by atoms with Crippen LogP contribution in [0.25, 0.3) is 5.70 Å². The number of carbonyl (C=O) groups excluding carboxylic acids is 1. The number of carbonyl (C=O) groups is 1. The summed E-state index contributed by atoms with van der Waals surface area (Å²) >= 11 is 0. The van der Waals surface area contributed by atoms with Crippen LogP contribution >= 0.6 is 0 Å². The van der Waals surface area contributed by atoms with Gasteiger partial charge in [-0.1, -0.05) is 13.0 Å². The Hall–Kier alpha value is -3.71. The van der Waals surface area contributed by atoms with E-state index in [1.807, 2.05) is 66.7 Å². The van der Waals surface area contributed by atoms with Crippen molar-refractivity contribution in [2.24, 2.45) is 0 Å². The quantitative estimate of drug-likeness (QED) is 0.474. The molecule has 0 spiro atoms. The first-order valence-corrected chi connectivity index (χ1v) is 11.5. The van der Waals surface area contributed by atoms with Crippen molar-refractivity contribution in [3.05, 3.63) is 57.4 Å². The monoisotopic (exact) mass is 461 g/mol. The normalized spacial score (nSPS) is 15.1. The summed E-state index contributed by atoms with van der Waals surface area (Å²) in [6.07, 6.45) is 0.270. The van der Waals surface area contributed by atoms with Crippen LogP contribution in [0.2, 0.25) is 0 Å². The summed E-state index contributed by atoms with van der Waals surface area (Å²) in [5.41, 5.74) is 6.04. The Kier molecular flexibility index (Phi) is 8.54. The molecular weight excluding hydrogens is 426 g/mol. The fourth-order valence-electron chi connectivity index (χ4n) is 3.92. The third kappa shape index (κ3) is 5.99. The number of anilines is 1. The van der Waals surface area contributed by atoms with Gasteiger partial charge in [-0.15, -0.1) is 0 Å². The number of nitriles is 2. The van der Waals surface area contributed by atoms with Gasteiger partial charge in [0, 0.05) is 29.2 Å². The number of benzene rings is 1. The predicted molar refractivity (Wildman–Crippen MR) is 135 cm³/mol. The van der Waals surface area contributed by atoms with Crippen molar-refractivity contribution in [2.75, 3.05) is 11.9 Å². The van der Waals surface area contributed by atoms with Crippen molar-refractivity contribution in [2.45, 2.75) is 73.3 Å². The molecule has 1 aromatic carbocycles. The van der Waals surface area contributed by atoms with Gasteiger partial charge in [0.2, 0.25) is 0 Å². The van der Waals surface area contributed by atoms with Crippen molar-refractivity contribution in [3.63, 3.8) is 0 Å². The maximum absolute atomic E-state index is 12.6. The minimum atomic E-state index is -0.632. The molecule has 0 fully saturated rings. The highest BCUT2D eigenvalue weighted by Gasteiger charge is 2.30. The van der Waals surface area contributed by atoms with Crippen molar-refractivity contribution < 1.29 is 9.53 Å². The average molecular weight is 462 g/mol. The van der Waals surface area contributed by atoms with Crippen LogP contribution in [0.15, 0.2) is 46.3 Å². The van der Waals surface area contributed by atoms with Crippen molar-refractivity contribution in [3.8, 4) is 12.1 Å². The Morgan fingerprint density at radius 2 is 1.71 bits per heavy atom. The number of hydrogen-bond acceptors (Lipinski definition) is 6. The number of ether oxygens (including phenoxy) is 1. The Balaban J connectivity index is 2.74. The molecule has 34 heavy (non-hydrogen) atoms. The van der Waals surface area contributed by atoms with Gasteiger partial charge in [-0.3, -0.25) is 5.32 Å². The van der Waals surface area contributed by atoms with E-state index in [0.717, 1.165) is 40.2 Å². The van der Waals surface area contributed by atoms with Gasteiger partial charge in [0.25, 0.3) is 0 Å². The van der Waals surface area contributed by atoms with Gasteiger partial charge >= 0.3 is 6.09 Å². The number of amides is 1. The second-order valence-corrected chi connectivity index (χ2v) is 9.33.